The number of ether oxygens (including phenoxy) is 1. The SMILES string of the molecule is CCCCN1CC(c2nc3ccccc3n2CCCCOc2ccccc2C)CC1=O. The van der Waals surface area contributed by atoms with Gasteiger partial charge in [0.25, 0.3) is 0 Å². The van der Waals surface area contributed by atoms with E-state index in [4.69, 9.17) is 9.72 Å². The quantitative estimate of drug-likeness (QED) is 0.418. The fraction of sp³-hybridized carbons (Fsp3) is 0.462. The minimum Gasteiger partial charge on any atom is -0.493 e. The van der Waals surface area contributed by atoms with Gasteiger partial charge in [-0.2, -0.15) is 0 Å². The van der Waals surface area contributed by atoms with Gasteiger partial charge in [-0.25, -0.2) is 4.98 Å². The summed E-state index contributed by atoms with van der Waals surface area (Å²) in [5.41, 5.74) is 3.36. The molecule has 1 fully saturated rings. The van der Waals surface area contributed by atoms with E-state index in [0.717, 1.165) is 67.9 Å². The van der Waals surface area contributed by atoms with Gasteiger partial charge in [0, 0.05) is 32.0 Å². The van der Waals surface area contributed by atoms with Gasteiger partial charge in [-0.05, 0) is 49.9 Å². The molecule has 5 heteroatoms. The lowest BCUT2D eigenvalue weighted by atomic mass is 10.1. The van der Waals surface area contributed by atoms with Gasteiger partial charge in [0.1, 0.15) is 11.6 Å². The molecule has 4 rings (SSSR count). The molecule has 1 amide bonds. The number of nitrogens with zero attached hydrogens (tertiary/aromatic N) is 3. The van der Waals surface area contributed by atoms with Crippen LogP contribution in [0.2, 0.25) is 0 Å². The number of benzene rings is 2. The lowest BCUT2D eigenvalue weighted by Crippen LogP contribution is -2.26. The number of rotatable bonds is 10. The van der Waals surface area contributed by atoms with Gasteiger partial charge in [-0.1, -0.05) is 43.7 Å². The molecule has 0 spiro atoms. The van der Waals surface area contributed by atoms with Crippen LogP contribution >= 0.6 is 0 Å². The Balaban J connectivity index is 1.42. The molecular weight excluding hydrogens is 386 g/mol. The lowest BCUT2D eigenvalue weighted by molar-refractivity contribution is -0.127. The van der Waals surface area contributed by atoms with Crippen LogP contribution in [-0.4, -0.2) is 40.1 Å². The second-order valence-electron chi connectivity index (χ2n) is 8.53. The summed E-state index contributed by atoms with van der Waals surface area (Å²) in [5.74, 6) is 2.48. The number of aromatic nitrogens is 2. The zero-order valence-corrected chi connectivity index (χ0v) is 18.7. The third-order valence-electron chi connectivity index (χ3n) is 6.17. The van der Waals surface area contributed by atoms with Gasteiger partial charge in [0.2, 0.25) is 5.91 Å². The number of fused-ring (bicyclic) bond motifs is 1. The van der Waals surface area contributed by atoms with Crippen LogP contribution in [0.3, 0.4) is 0 Å². The number of amides is 1. The Hall–Kier alpha value is -2.82. The fourth-order valence-corrected chi connectivity index (χ4v) is 4.42. The van der Waals surface area contributed by atoms with Gasteiger partial charge in [0.05, 0.1) is 17.6 Å². The van der Waals surface area contributed by atoms with Crippen molar-refractivity contribution >= 4 is 16.9 Å². The van der Waals surface area contributed by atoms with Crippen LogP contribution in [0.25, 0.3) is 11.0 Å². The van der Waals surface area contributed by atoms with Crippen LogP contribution in [-0.2, 0) is 11.3 Å². The smallest absolute Gasteiger partial charge is 0.223 e. The van der Waals surface area contributed by atoms with Crippen molar-refractivity contribution in [1.29, 1.82) is 0 Å². The topological polar surface area (TPSA) is 47.4 Å². The van der Waals surface area contributed by atoms with Gasteiger partial charge >= 0.3 is 0 Å². The number of carbonyl (C=O) groups excluding carboxylic acids is 1. The monoisotopic (exact) mass is 419 g/mol. The van der Waals surface area contributed by atoms with Crippen LogP contribution in [0.1, 0.15) is 56.3 Å². The Labute approximate surface area is 185 Å². The number of unbranched alkanes of at least 4 members (excludes halogenated alkanes) is 2. The third-order valence-corrected chi connectivity index (χ3v) is 6.17. The molecule has 1 unspecified atom stereocenters. The lowest BCUT2D eigenvalue weighted by Gasteiger charge is -2.17. The van der Waals surface area contributed by atoms with Crippen molar-refractivity contribution in [2.75, 3.05) is 19.7 Å². The normalized spacial score (nSPS) is 16.4. The zero-order chi connectivity index (χ0) is 21.6. The van der Waals surface area contributed by atoms with Crippen molar-refractivity contribution in [2.24, 2.45) is 0 Å². The van der Waals surface area contributed by atoms with E-state index in [1.54, 1.807) is 0 Å². The molecule has 1 aliphatic rings. The predicted octanol–water partition coefficient (Wildman–Crippen LogP) is 5.32. The summed E-state index contributed by atoms with van der Waals surface area (Å²) in [6, 6.07) is 16.5. The highest BCUT2D eigenvalue weighted by Crippen LogP contribution is 2.31. The molecule has 0 radical (unpaired) electrons. The minimum atomic E-state index is 0.181. The van der Waals surface area contributed by atoms with E-state index in [9.17, 15) is 4.79 Å². The molecular formula is C26H33N3O2. The third kappa shape index (κ3) is 4.92. The minimum absolute atomic E-state index is 0.181. The first-order valence-electron chi connectivity index (χ1n) is 11.6. The van der Waals surface area contributed by atoms with Crippen molar-refractivity contribution in [3.05, 3.63) is 59.9 Å². The largest absolute Gasteiger partial charge is 0.493 e. The number of hydrogen-bond donors (Lipinski definition) is 0. The summed E-state index contributed by atoms with van der Waals surface area (Å²) in [5, 5.41) is 0. The number of para-hydroxylation sites is 3. The van der Waals surface area contributed by atoms with Crippen molar-refractivity contribution in [3.8, 4) is 5.75 Å². The highest BCUT2D eigenvalue weighted by Gasteiger charge is 2.33. The van der Waals surface area contributed by atoms with E-state index in [2.05, 4.69) is 42.7 Å². The summed E-state index contributed by atoms with van der Waals surface area (Å²) in [7, 11) is 0. The molecule has 0 saturated carbocycles. The standard InChI is InChI=1S/C26H33N3O2/c1-3-4-15-28-19-21(18-25(28)30)26-27-22-12-6-7-13-23(22)29(26)16-9-10-17-31-24-14-8-5-11-20(24)2/h5-8,11-14,21H,3-4,9-10,15-19H2,1-2H3. The van der Waals surface area contributed by atoms with E-state index in [1.807, 2.05) is 29.2 Å². The first-order chi connectivity index (χ1) is 15.2. The van der Waals surface area contributed by atoms with Gasteiger partial charge in [0.15, 0.2) is 0 Å². The van der Waals surface area contributed by atoms with Gasteiger partial charge in [-0.3, -0.25) is 4.79 Å². The highest BCUT2D eigenvalue weighted by atomic mass is 16.5. The highest BCUT2D eigenvalue weighted by molar-refractivity contribution is 5.80. The second-order valence-corrected chi connectivity index (χ2v) is 8.53. The molecule has 2 heterocycles. The predicted molar refractivity (Wildman–Crippen MR) is 124 cm³/mol. The molecule has 3 aromatic rings. The Morgan fingerprint density at radius 2 is 1.84 bits per heavy atom. The number of hydrogen-bond acceptors (Lipinski definition) is 3. The van der Waals surface area contributed by atoms with Crippen molar-refractivity contribution in [1.82, 2.24) is 14.5 Å². The summed E-state index contributed by atoms with van der Waals surface area (Å²) in [6.07, 6.45) is 4.74. The average molecular weight is 420 g/mol. The average Bonchev–Trinajstić information content (AvgIpc) is 3.33. The first kappa shape index (κ1) is 21.4. The van der Waals surface area contributed by atoms with Crippen LogP contribution in [0.4, 0.5) is 0 Å². The second kappa shape index (κ2) is 9.99. The Morgan fingerprint density at radius 3 is 2.68 bits per heavy atom. The Morgan fingerprint density at radius 1 is 1.03 bits per heavy atom. The van der Waals surface area contributed by atoms with Gasteiger partial charge < -0.3 is 14.2 Å². The number of imidazole rings is 1. The number of aryl methyl sites for hydroxylation is 2. The van der Waals surface area contributed by atoms with E-state index in [1.165, 1.54) is 5.56 Å². The van der Waals surface area contributed by atoms with E-state index < -0.39 is 0 Å². The summed E-state index contributed by atoms with van der Waals surface area (Å²) in [6.45, 7) is 7.50. The molecule has 2 aromatic carbocycles. The van der Waals surface area contributed by atoms with Crippen molar-refractivity contribution in [2.45, 2.75) is 58.4 Å². The molecule has 1 aromatic heterocycles. The molecule has 0 aliphatic carbocycles. The van der Waals surface area contributed by atoms with Crippen LogP contribution < -0.4 is 4.74 Å². The summed E-state index contributed by atoms with van der Waals surface area (Å²) < 4.78 is 8.30. The molecule has 164 valence electrons. The number of likely N-dealkylation sites (tertiary alicyclic amines) is 1. The van der Waals surface area contributed by atoms with Crippen molar-refractivity contribution < 1.29 is 9.53 Å². The first-order valence-corrected chi connectivity index (χ1v) is 11.6. The molecule has 1 atom stereocenters. The van der Waals surface area contributed by atoms with Crippen LogP contribution in [0.15, 0.2) is 48.5 Å². The fourth-order valence-electron chi connectivity index (χ4n) is 4.42. The summed E-state index contributed by atoms with van der Waals surface area (Å²) >= 11 is 0. The van der Waals surface area contributed by atoms with Crippen LogP contribution in [0.5, 0.6) is 5.75 Å². The molecule has 0 N–H and O–H groups in total. The Bertz CT molecular complexity index is 1030. The van der Waals surface area contributed by atoms with E-state index in [-0.39, 0.29) is 11.8 Å². The van der Waals surface area contributed by atoms with E-state index in [0.29, 0.717) is 13.0 Å². The zero-order valence-electron chi connectivity index (χ0n) is 18.7. The molecule has 31 heavy (non-hydrogen) atoms. The van der Waals surface area contributed by atoms with Crippen LogP contribution in [0, 0.1) is 6.92 Å². The number of carbonyl (C=O) groups is 1. The molecule has 1 aliphatic heterocycles. The molecule has 1 saturated heterocycles. The van der Waals surface area contributed by atoms with E-state index >= 15 is 0 Å². The molecule has 0 bridgehead atoms. The van der Waals surface area contributed by atoms with Gasteiger partial charge in [-0.15, -0.1) is 0 Å². The maximum absolute atomic E-state index is 12.5. The molecule has 5 nitrogen and oxygen atoms in total. The summed E-state index contributed by atoms with van der Waals surface area (Å²) in [4.78, 5) is 19.5. The van der Waals surface area contributed by atoms with Crippen molar-refractivity contribution in [3.63, 3.8) is 0 Å². The maximum atomic E-state index is 12.5. The maximum Gasteiger partial charge on any atom is 0.223 e. The Kier molecular flexibility index (Phi) is 6.90.